The van der Waals surface area contributed by atoms with Crippen molar-refractivity contribution in [3.8, 4) is 11.5 Å². The van der Waals surface area contributed by atoms with Gasteiger partial charge in [-0.15, -0.1) is 0 Å². The summed E-state index contributed by atoms with van der Waals surface area (Å²) in [6, 6.07) is 10.9. The maximum Gasteiger partial charge on any atom is 0.289 e. The normalized spacial score (nSPS) is 24.1. The van der Waals surface area contributed by atoms with Crippen LogP contribution in [0.15, 0.2) is 48.5 Å². The molecule has 12 heteroatoms. The van der Waals surface area contributed by atoms with Gasteiger partial charge in [0.05, 0.1) is 6.04 Å². The fourth-order valence-corrected chi connectivity index (χ4v) is 6.82. The maximum atomic E-state index is 13.9. The fraction of sp³-hybridized carbons (Fsp3) is 0.500. The summed E-state index contributed by atoms with van der Waals surface area (Å²) >= 11 is 0. The van der Waals surface area contributed by atoms with Crippen LogP contribution >= 0.6 is 0 Å². The topological polar surface area (TPSA) is 143 Å². The summed E-state index contributed by atoms with van der Waals surface area (Å²) in [5.41, 5.74) is 0.831. The van der Waals surface area contributed by atoms with Crippen molar-refractivity contribution in [3.05, 3.63) is 59.9 Å². The van der Waals surface area contributed by atoms with Crippen LogP contribution in [0.1, 0.15) is 50.5 Å². The van der Waals surface area contributed by atoms with Gasteiger partial charge in [-0.3, -0.25) is 24.0 Å². The van der Waals surface area contributed by atoms with Crippen molar-refractivity contribution in [1.29, 1.82) is 0 Å². The number of fused-ring (bicyclic) bond motifs is 1. The lowest BCUT2D eigenvalue weighted by molar-refractivity contribution is -0.143. The van der Waals surface area contributed by atoms with E-state index in [2.05, 4.69) is 16.0 Å². The van der Waals surface area contributed by atoms with E-state index in [1.807, 2.05) is 0 Å². The van der Waals surface area contributed by atoms with Crippen LogP contribution in [0.2, 0.25) is 0 Å². The van der Waals surface area contributed by atoms with E-state index in [0.29, 0.717) is 31.0 Å². The lowest BCUT2D eigenvalue weighted by Gasteiger charge is -2.29. The molecule has 11 nitrogen and oxygen atoms in total. The number of nitrogens with zero attached hydrogens (tertiary/aromatic N) is 1. The third-order valence-corrected chi connectivity index (χ3v) is 9.42. The summed E-state index contributed by atoms with van der Waals surface area (Å²) < 4.78 is 24.8. The van der Waals surface area contributed by atoms with Gasteiger partial charge in [0.15, 0.2) is 6.61 Å². The molecular weight excluding hydrogens is 595 g/mol. The van der Waals surface area contributed by atoms with Gasteiger partial charge < -0.3 is 30.3 Å². The average molecular weight is 635 g/mol. The number of carbonyl (C=O) groups excluding carboxylic acids is 5. The third-order valence-electron chi connectivity index (χ3n) is 9.42. The molecule has 0 aromatic heterocycles. The monoisotopic (exact) mass is 634 g/mol. The molecule has 0 radical (unpaired) electrons. The van der Waals surface area contributed by atoms with Crippen LogP contribution in [0.4, 0.5) is 4.39 Å². The number of hydrogen-bond acceptors (Lipinski definition) is 7. The van der Waals surface area contributed by atoms with E-state index in [1.54, 1.807) is 41.3 Å². The SMILES string of the molecule is O=C(NC1CC1)C(=O)[C@H](C[C@@H]1CCNC1=O)NC(=O)[C@@H]1[C@H]2CCC[C@H]2CN1C(=O)COc1ccc(COc2cccc(F)c2)cc1. The first kappa shape index (κ1) is 31.5. The molecule has 46 heavy (non-hydrogen) atoms. The maximum absolute atomic E-state index is 13.9. The molecule has 2 aliphatic carbocycles. The number of nitrogens with one attached hydrogen (secondary N) is 3. The first-order chi connectivity index (χ1) is 22.2. The van der Waals surface area contributed by atoms with Crippen LogP contribution in [-0.4, -0.2) is 72.1 Å². The van der Waals surface area contributed by atoms with E-state index in [4.69, 9.17) is 9.47 Å². The Balaban J connectivity index is 1.08. The van der Waals surface area contributed by atoms with Gasteiger partial charge in [0, 0.05) is 31.1 Å². The predicted octanol–water partition coefficient (Wildman–Crippen LogP) is 2.27. The minimum atomic E-state index is -1.17. The van der Waals surface area contributed by atoms with Crippen molar-refractivity contribution in [2.24, 2.45) is 17.8 Å². The molecule has 0 bridgehead atoms. The van der Waals surface area contributed by atoms with E-state index >= 15 is 0 Å². The second-order valence-corrected chi connectivity index (χ2v) is 12.7. The number of benzene rings is 2. The molecule has 2 heterocycles. The highest BCUT2D eigenvalue weighted by atomic mass is 19.1. The number of ketones is 1. The first-order valence-electron chi connectivity index (χ1n) is 16.1. The molecule has 5 atom stereocenters. The standard InChI is InChI=1S/C34H39FN4O7/c35-23-4-2-5-26(16-23)45-18-20-7-11-25(12-8-20)46-19-29(40)39-17-22-3-1-6-27(22)30(39)33(43)38-28(15-21-13-14-36-32(21)42)31(41)34(44)37-24-9-10-24/h2,4-5,7-8,11-12,16,21-22,24,27-28,30H,1,3,6,9-10,13-15,17-19H2,(H,36,42)(H,37,44)(H,38,43)/t21-,22-,27-,28-,30-/m0/s1. The van der Waals surface area contributed by atoms with Crippen molar-refractivity contribution >= 4 is 29.4 Å². The minimum absolute atomic E-state index is 0.0234. The van der Waals surface area contributed by atoms with Crippen molar-refractivity contribution in [2.75, 3.05) is 19.7 Å². The summed E-state index contributed by atoms with van der Waals surface area (Å²) in [5.74, 6) is -2.46. The molecular formula is C34H39FN4O7. The molecule has 2 aromatic rings. The number of likely N-dealkylation sites (tertiary alicyclic amines) is 1. The number of rotatable bonds is 13. The van der Waals surface area contributed by atoms with Gasteiger partial charge in [0.2, 0.25) is 17.6 Å². The van der Waals surface area contributed by atoms with Crippen molar-refractivity contribution in [1.82, 2.24) is 20.9 Å². The number of amides is 4. The Kier molecular flexibility index (Phi) is 9.51. The molecule has 0 unspecified atom stereocenters. The first-order valence-corrected chi connectivity index (χ1v) is 16.1. The smallest absolute Gasteiger partial charge is 0.289 e. The Morgan fingerprint density at radius 2 is 1.78 bits per heavy atom. The van der Waals surface area contributed by atoms with Crippen LogP contribution in [0.5, 0.6) is 11.5 Å². The largest absolute Gasteiger partial charge is 0.489 e. The van der Waals surface area contributed by atoms with E-state index in [-0.39, 0.29) is 55.1 Å². The number of hydrogen-bond donors (Lipinski definition) is 3. The molecule has 4 fully saturated rings. The van der Waals surface area contributed by atoms with Crippen molar-refractivity contribution in [2.45, 2.75) is 69.7 Å². The van der Waals surface area contributed by atoms with Crippen LogP contribution in [0, 0.1) is 23.6 Å². The Bertz CT molecular complexity index is 1480. The summed E-state index contributed by atoms with van der Waals surface area (Å²) in [7, 11) is 0. The highest BCUT2D eigenvalue weighted by Crippen LogP contribution is 2.42. The quantitative estimate of drug-likeness (QED) is 0.287. The zero-order valence-electron chi connectivity index (χ0n) is 25.5. The van der Waals surface area contributed by atoms with E-state index in [9.17, 15) is 28.4 Å². The molecule has 2 aromatic carbocycles. The highest BCUT2D eigenvalue weighted by Gasteiger charge is 2.50. The van der Waals surface area contributed by atoms with Crippen LogP contribution < -0.4 is 25.4 Å². The van der Waals surface area contributed by atoms with Crippen LogP contribution in [0.25, 0.3) is 0 Å². The molecule has 244 valence electrons. The van der Waals surface area contributed by atoms with Crippen LogP contribution in [0.3, 0.4) is 0 Å². The zero-order chi connectivity index (χ0) is 32.2. The Morgan fingerprint density at radius 1 is 0.978 bits per heavy atom. The van der Waals surface area contributed by atoms with Crippen LogP contribution in [-0.2, 0) is 30.6 Å². The number of ether oxygens (including phenoxy) is 2. The lowest BCUT2D eigenvalue weighted by Crippen LogP contribution is -2.55. The van der Waals surface area contributed by atoms with Gasteiger partial charge in [0.25, 0.3) is 11.8 Å². The number of carbonyl (C=O) groups is 5. The predicted molar refractivity (Wildman–Crippen MR) is 163 cm³/mol. The van der Waals surface area contributed by atoms with E-state index < -0.39 is 35.6 Å². The molecule has 6 rings (SSSR count). The van der Waals surface area contributed by atoms with Gasteiger partial charge in [-0.1, -0.05) is 24.6 Å². The average Bonchev–Trinajstić information content (AvgIpc) is 3.40. The number of Topliss-reactive ketones (excluding diaryl/α,β-unsaturated/α-hetero) is 1. The minimum Gasteiger partial charge on any atom is -0.489 e. The molecule has 0 spiro atoms. The van der Waals surface area contributed by atoms with Gasteiger partial charge in [-0.05, 0) is 80.2 Å². The summed E-state index contributed by atoms with van der Waals surface area (Å²) in [5, 5.41) is 8.22. The Labute approximate surface area is 266 Å². The Hall–Kier alpha value is -4.48. The molecule has 2 saturated carbocycles. The highest BCUT2D eigenvalue weighted by molar-refractivity contribution is 6.38. The summed E-state index contributed by atoms with van der Waals surface area (Å²) in [4.78, 5) is 67.1. The second-order valence-electron chi connectivity index (χ2n) is 12.7. The van der Waals surface area contributed by atoms with Gasteiger partial charge >= 0.3 is 0 Å². The van der Waals surface area contributed by atoms with E-state index in [0.717, 1.165) is 37.7 Å². The van der Waals surface area contributed by atoms with Gasteiger partial charge in [-0.25, -0.2) is 4.39 Å². The third kappa shape index (κ3) is 7.48. The molecule has 3 N–H and O–H groups in total. The zero-order valence-corrected chi connectivity index (χ0v) is 25.5. The number of halogens is 1. The van der Waals surface area contributed by atoms with Crippen molar-refractivity contribution < 1.29 is 37.8 Å². The second kappa shape index (κ2) is 13.9. The molecule has 4 aliphatic rings. The summed E-state index contributed by atoms with van der Waals surface area (Å²) in [6.07, 6.45) is 4.77. The summed E-state index contributed by atoms with van der Waals surface area (Å²) in [6.45, 7) is 0.837. The fourth-order valence-electron chi connectivity index (χ4n) is 6.82. The molecule has 2 saturated heterocycles. The molecule has 4 amide bonds. The van der Waals surface area contributed by atoms with Gasteiger partial charge in [-0.2, -0.15) is 0 Å². The van der Waals surface area contributed by atoms with Crippen molar-refractivity contribution in [3.63, 3.8) is 0 Å². The molecule has 2 aliphatic heterocycles. The van der Waals surface area contributed by atoms with Gasteiger partial charge in [0.1, 0.15) is 30.0 Å². The lowest BCUT2D eigenvalue weighted by atomic mass is 9.91. The Morgan fingerprint density at radius 3 is 2.50 bits per heavy atom. The van der Waals surface area contributed by atoms with E-state index in [1.165, 1.54) is 12.1 Å².